The third-order valence-corrected chi connectivity index (χ3v) is 2.08. The Balaban J connectivity index is 2.01. The molecular weight excluding hydrogens is 98.1 g/mol. The number of piperidine rings is 1. The molecule has 0 aromatic rings. The number of fused-ring (bicyclic) bond motifs is 1. The van der Waals surface area contributed by atoms with Crippen LogP contribution in [0.1, 0.15) is 12.8 Å². The monoisotopic (exact) mass is 107 g/mol. The molecule has 1 saturated heterocycles. The van der Waals surface area contributed by atoms with E-state index in [1.807, 2.05) is 0 Å². The summed E-state index contributed by atoms with van der Waals surface area (Å²) < 4.78 is 0. The van der Waals surface area contributed by atoms with Crippen molar-refractivity contribution >= 4 is 0 Å². The molecule has 1 heterocycles. The summed E-state index contributed by atoms with van der Waals surface area (Å²) in [5, 5.41) is 3.34. The average molecular weight is 107 g/mol. The van der Waals surface area contributed by atoms with Crippen molar-refractivity contribution < 1.29 is 0 Å². The first kappa shape index (κ1) is 4.40. The maximum atomic E-state index is 5.20. The van der Waals surface area contributed by atoms with Crippen LogP contribution in [0.5, 0.6) is 0 Å². The fourth-order valence-electron chi connectivity index (χ4n) is 1.46. The summed E-state index contributed by atoms with van der Waals surface area (Å²) in [6.07, 6.45) is 7.80. The van der Waals surface area contributed by atoms with Crippen LogP contribution in [0.4, 0.5) is 0 Å². The molecule has 1 nitrogen and oxygen atoms in total. The lowest BCUT2D eigenvalue weighted by Crippen LogP contribution is -2.23. The lowest BCUT2D eigenvalue weighted by Gasteiger charge is -2.01. The van der Waals surface area contributed by atoms with Crippen molar-refractivity contribution in [2.75, 3.05) is 0 Å². The molecule has 1 N–H and O–H groups in total. The third-order valence-electron chi connectivity index (χ3n) is 2.08. The first-order chi connectivity index (χ1) is 3.90. The predicted octanol–water partition coefficient (Wildman–Crippen LogP) is 0.370. The van der Waals surface area contributed by atoms with Crippen molar-refractivity contribution in [2.24, 2.45) is 5.92 Å². The average Bonchev–Trinajstić information content (AvgIpc) is 2.40. The van der Waals surface area contributed by atoms with Gasteiger partial charge in [0.1, 0.15) is 0 Å². The molecule has 1 saturated carbocycles. The van der Waals surface area contributed by atoms with E-state index in [0.717, 1.165) is 12.0 Å². The maximum Gasteiger partial charge on any atom is 0.0692 e. The van der Waals surface area contributed by atoms with Gasteiger partial charge in [0.15, 0.2) is 0 Å². The minimum atomic E-state index is 0.402. The van der Waals surface area contributed by atoms with Crippen molar-refractivity contribution in [2.45, 2.75) is 24.9 Å². The predicted molar refractivity (Wildman–Crippen MR) is 32.3 cm³/mol. The molecule has 2 rings (SSSR count). The van der Waals surface area contributed by atoms with E-state index in [1.165, 1.54) is 12.8 Å². The van der Waals surface area contributed by atoms with Crippen LogP contribution in [0.15, 0.2) is 0 Å². The third kappa shape index (κ3) is 0.468. The Morgan fingerprint density at radius 3 is 2.75 bits per heavy atom. The normalized spacial score (nSPS) is 50.1. The summed E-state index contributed by atoms with van der Waals surface area (Å²) in [5.41, 5.74) is 0. The molecule has 0 unspecified atom stereocenters. The van der Waals surface area contributed by atoms with E-state index < -0.39 is 0 Å². The van der Waals surface area contributed by atoms with Gasteiger partial charge in [-0.05, 0) is 18.8 Å². The molecule has 2 aliphatic rings. The van der Waals surface area contributed by atoms with Gasteiger partial charge in [0, 0.05) is 6.04 Å². The van der Waals surface area contributed by atoms with E-state index >= 15 is 0 Å². The van der Waals surface area contributed by atoms with Crippen LogP contribution in [0.25, 0.3) is 0 Å². The first-order valence-electron chi connectivity index (χ1n) is 3.12. The van der Waals surface area contributed by atoms with Gasteiger partial charge in [-0.1, -0.05) is 5.92 Å². The highest BCUT2D eigenvalue weighted by Crippen LogP contribution is 2.40. The van der Waals surface area contributed by atoms with E-state index in [9.17, 15) is 0 Å². The van der Waals surface area contributed by atoms with E-state index in [1.54, 1.807) is 0 Å². The molecule has 0 aromatic carbocycles. The first-order valence-corrected chi connectivity index (χ1v) is 3.12. The van der Waals surface area contributed by atoms with Crippen molar-refractivity contribution in [3.63, 3.8) is 0 Å². The van der Waals surface area contributed by atoms with Crippen LogP contribution in [0, 0.1) is 18.3 Å². The molecule has 3 atom stereocenters. The highest BCUT2D eigenvalue weighted by Gasteiger charge is 2.44. The minimum Gasteiger partial charge on any atom is -0.301 e. The standard InChI is InChI=1S/C7H9N/c1-2-6-3-5-4-7(5)8-6/h1,5-8H,3-4H2/t5-,6-,7+/m0/s1. The quantitative estimate of drug-likeness (QED) is 0.441. The Morgan fingerprint density at radius 2 is 2.38 bits per heavy atom. The van der Waals surface area contributed by atoms with Gasteiger partial charge in [-0.3, -0.25) is 0 Å². The van der Waals surface area contributed by atoms with Gasteiger partial charge in [-0.25, -0.2) is 0 Å². The summed E-state index contributed by atoms with van der Waals surface area (Å²) in [6, 6.07) is 1.20. The van der Waals surface area contributed by atoms with Gasteiger partial charge in [-0.15, -0.1) is 6.42 Å². The smallest absolute Gasteiger partial charge is 0.0692 e. The van der Waals surface area contributed by atoms with Crippen LogP contribution in [0.2, 0.25) is 0 Å². The summed E-state index contributed by atoms with van der Waals surface area (Å²) in [7, 11) is 0. The summed E-state index contributed by atoms with van der Waals surface area (Å²) in [4.78, 5) is 0. The largest absolute Gasteiger partial charge is 0.301 e. The minimum absolute atomic E-state index is 0.402. The van der Waals surface area contributed by atoms with Crippen molar-refractivity contribution in [3.8, 4) is 12.3 Å². The summed E-state index contributed by atoms with van der Waals surface area (Å²) in [5.74, 6) is 3.65. The van der Waals surface area contributed by atoms with Gasteiger partial charge in [0.05, 0.1) is 6.04 Å². The van der Waals surface area contributed by atoms with E-state index in [0.29, 0.717) is 6.04 Å². The summed E-state index contributed by atoms with van der Waals surface area (Å²) >= 11 is 0. The zero-order valence-corrected chi connectivity index (χ0v) is 4.72. The SMILES string of the molecule is C#C[C@H]1C[C@H]2C[C@H]2N1. The zero-order chi connectivity index (χ0) is 5.56. The van der Waals surface area contributed by atoms with Gasteiger partial charge >= 0.3 is 0 Å². The Morgan fingerprint density at radius 1 is 1.50 bits per heavy atom. The van der Waals surface area contributed by atoms with Crippen molar-refractivity contribution in [1.29, 1.82) is 0 Å². The van der Waals surface area contributed by atoms with Crippen LogP contribution in [0.3, 0.4) is 0 Å². The maximum absolute atomic E-state index is 5.20. The molecule has 1 aliphatic carbocycles. The molecule has 1 aliphatic heterocycles. The van der Waals surface area contributed by atoms with Crippen molar-refractivity contribution in [1.82, 2.24) is 5.32 Å². The fraction of sp³-hybridized carbons (Fsp3) is 0.714. The second-order valence-electron chi connectivity index (χ2n) is 2.72. The van der Waals surface area contributed by atoms with E-state index in [4.69, 9.17) is 6.42 Å². The highest BCUT2D eigenvalue weighted by molar-refractivity contribution is 5.13. The molecule has 8 heavy (non-hydrogen) atoms. The molecule has 0 bridgehead atoms. The van der Waals surface area contributed by atoms with Crippen LogP contribution in [-0.4, -0.2) is 12.1 Å². The Bertz CT molecular complexity index is 135. The molecule has 2 fully saturated rings. The molecular formula is C7H9N. The number of nitrogens with one attached hydrogen (secondary N) is 1. The van der Waals surface area contributed by atoms with Gasteiger partial charge in [0.2, 0.25) is 0 Å². The second-order valence-corrected chi connectivity index (χ2v) is 2.72. The zero-order valence-electron chi connectivity index (χ0n) is 4.72. The number of terminal acetylenes is 1. The lowest BCUT2D eigenvalue weighted by molar-refractivity contribution is 0.649. The van der Waals surface area contributed by atoms with Crippen molar-refractivity contribution in [3.05, 3.63) is 0 Å². The molecule has 0 spiro atoms. The highest BCUT2D eigenvalue weighted by atomic mass is 15.0. The van der Waals surface area contributed by atoms with Crippen LogP contribution < -0.4 is 5.32 Å². The van der Waals surface area contributed by atoms with Crippen LogP contribution in [-0.2, 0) is 0 Å². The van der Waals surface area contributed by atoms with Gasteiger partial charge < -0.3 is 5.32 Å². The Kier molecular flexibility index (Phi) is 0.698. The molecule has 0 amide bonds. The second kappa shape index (κ2) is 1.27. The Hall–Kier alpha value is -0.480. The Labute approximate surface area is 49.5 Å². The molecule has 0 aromatic heterocycles. The molecule has 42 valence electrons. The van der Waals surface area contributed by atoms with Crippen LogP contribution >= 0.6 is 0 Å². The fourth-order valence-corrected chi connectivity index (χ4v) is 1.46. The number of hydrogen-bond donors (Lipinski definition) is 1. The lowest BCUT2D eigenvalue weighted by atomic mass is 10.2. The topological polar surface area (TPSA) is 12.0 Å². The van der Waals surface area contributed by atoms with Gasteiger partial charge in [-0.2, -0.15) is 0 Å². The molecule has 0 radical (unpaired) electrons. The van der Waals surface area contributed by atoms with E-state index in [2.05, 4.69) is 11.2 Å². The summed E-state index contributed by atoms with van der Waals surface area (Å²) in [6.45, 7) is 0. The number of rotatable bonds is 0. The van der Waals surface area contributed by atoms with E-state index in [-0.39, 0.29) is 0 Å². The molecule has 1 heteroatoms. The number of hydrogen-bond acceptors (Lipinski definition) is 1. The van der Waals surface area contributed by atoms with Gasteiger partial charge in [0.25, 0.3) is 0 Å².